The molecule has 0 spiro atoms. The molecule has 16 heavy (non-hydrogen) atoms. The maximum atomic E-state index is 3.51. The van der Waals surface area contributed by atoms with Gasteiger partial charge in [0, 0.05) is 11.7 Å². The molecule has 1 heterocycles. The molecule has 1 nitrogen and oxygen atoms in total. The Morgan fingerprint density at radius 2 is 1.81 bits per heavy atom. The molecule has 0 aliphatic carbocycles. The summed E-state index contributed by atoms with van der Waals surface area (Å²) in [4.78, 5) is 0. The second-order valence-corrected chi connectivity index (χ2v) is 4.45. The molecule has 2 aromatic carbocycles. The molecule has 1 aliphatic rings. The first-order valence-corrected chi connectivity index (χ1v) is 5.78. The van der Waals surface area contributed by atoms with Gasteiger partial charge in [-0.2, -0.15) is 0 Å². The summed E-state index contributed by atoms with van der Waals surface area (Å²) >= 11 is 0. The van der Waals surface area contributed by atoms with Gasteiger partial charge in [0.15, 0.2) is 0 Å². The lowest BCUT2D eigenvalue weighted by Gasteiger charge is -2.07. The average molecular weight is 209 g/mol. The molecule has 1 atom stereocenters. The van der Waals surface area contributed by atoms with Gasteiger partial charge in [0.2, 0.25) is 0 Å². The predicted molar refractivity (Wildman–Crippen MR) is 68.7 cm³/mol. The minimum absolute atomic E-state index is 0.555. The standard InChI is InChI=1S/C15H15N/c1-11-10-14-13(8-5-9-15(14)16-11)12-6-3-2-4-7-12/h2-9,11,16H,10H2,1H3. The summed E-state index contributed by atoms with van der Waals surface area (Å²) in [6.45, 7) is 2.23. The summed E-state index contributed by atoms with van der Waals surface area (Å²) < 4.78 is 0. The molecule has 1 heteroatoms. The molecule has 0 saturated carbocycles. The fraction of sp³-hybridized carbons (Fsp3) is 0.200. The number of anilines is 1. The van der Waals surface area contributed by atoms with Crippen molar-refractivity contribution in [3.63, 3.8) is 0 Å². The third-order valence-electron chi connectivity index (χ3n) is 3.17. The Kier molecular flexibility index (Phi) is 2.17. The first-order valence-electron chi connectivity index (χ1n) is 5.78. The molecule has 2 aromatic rings. The Morgan fingerprint density at radius 3 is 2.62 bits per heavy atom. The molecular weight excluding hydrogens is 194 g/mol. The van der Waals surface area contributed by atoms with Crippen LogP contribution in [-0.4, -0.2) is 6.04 Å². The first kappa shape index (κ1) is 9.46. The highest BCUT2D eigenvalue weighted by Gasteiger charge is 2.19. The van der Waals surface area contributed by atoms with E-state index in [9.17, 15) is 0 Å². The highest BCUT2D eigenvalue weighted by molar-refractivity contribution is 5.76. The lowest BCUT2D eigenvalue weighted by Crippen LogP contribution is -2.08. The van der Waals surface area contributed by atoms with E-state index in [4.69, 9.17) is 0 Å². The van der Waals surface area contributed by atoms with Crippen LogP contribution in [0.25, 0.3) is 11.1 Å². The van der Waals surface area contributed by atoms with Gasteiger partial charge < -0.3 is 5.32 Å². The van der Waals surface area contributed by atoms with Gasteiger partial charge >= 0.3 is 0 Å². The number of hydrogen-bond acceptors (Lipinski definition) is 1. The van der Waals surface area contributed by atoms with Gasteiger partial charge in [-0.15, -0.1) is 0 Å². The molecule has 1 aliphatic heterocycles. The minimum Gasteiger partial charge on any atom is -0.382 e. The first-order chi connectivity index (χ1) is 7.84. The number of benzene rings is 2. The van der Waals surface area contributed by atoms with Crippen molar-refractivity contribution < 1.29 is 0 Å². The van der Waals surface area contributed by atoms with Crippen LogP contribution in [0.1, 0.15) is 12.5 Å². The number of rotatable bonds is 1. The van der Waals surface area contributed by atoms with Crippen LogP contribution in [0.15, 0.2) is 48.5 Å². The number of hydrogen-bond donors (Lipinski definition) is 1. The molecule has 1 unspecified atom stereocenters. The smallest absolute Gasteiger partial charge is 0.0381 e. The van der Waals surface area contributed by atoms with Crippen LogP contribution >= 0.6 is 0 Å². The van der Waals surface area contributed by atoms with Gasteiger partial charge in [-0.3, -0.25) is 0 Å². The van der Waals surface area contributed by atoms with Crippen LogP contribution in [0.4, 0.5) is 5.69 Å². The summed E-state index contributed by atoms with van der Waals surface area (Å²) in [5.74, 6) is 0. The predicted octanol–water partition coefficient (Wildman–Crippen LogP) is 3.71. The molecule has 3 rings (SSSR count). The largest absolute Gasteiger partial charge is 0.382 e. The van der Waals surface area contributed by atoms with Crippen LogP contribution in [0.3, 0.4) is 0 Å². The van der Waals surface area contributed by atoms with Crippen molar-refractivity contribution in [1.29, 1.82) is 0 Å². The van der Waals surface area contributed by atoms with E-state index in [1.165, 1.54) is 22.4 Å². The van der Waals surface area contributed by atoms with Crippen molar-refractivity contribution in [2.24, 2.45) is 0 Å². The third kappa shape index (κ3) is 1.49. The van der Waals surface area contributed by atoms with Gasteiger partial charge in [-0.05, 0) is 36.1 Å². The molecule has 80 valence electrons. The Bertz CT molecular complexity index is 502. The number of nitrogens with one attached hydrogen (secondary N) is 1. The molecule has 0 fully saturated rings. The van der Waals surface area contributed by atoms with Crippen molar-refractivity contribution in [2.75, 3.05) is 5.32 Å². The van der Waals surface area contributed by atoms with Crippen LogP contribution in [0.2, 0.25) is 0 Å². The molecule has 0 radical (unpaired) electrons. The minimum atomic E-state index is 0.555. The van der Waals surface area contributed by atoms with Crippen LogP contribution in [0.5, 0.6) is 0 Å². The molecule has 0 saturated heterocycles. The van der Waals surface area contributed by atoms with Crippen molar-refractivity contribution in [2.45, 2.75) is 19.4 Å². The highest BCUT2D eigenvalue weighted by Crippen LogP contribution is 2.34. The lowest BCUT2D eigenvalue weighted by molar-refractivity contribution is 0.840. The van der Waals surface area contributed by atoms with Gasteiger partial charge in [0.25, 0.3) is 0 Å². The maximum Gasteiger partial charge on any atom is 0.0381 e. The fourth-order valence-electron chi connectivity index (χ4n) is 2.45. The lowest BCUT2D eigenvalue weighted by atomic mass is 9.97. The monoisotopic (exact) mass is 209 g/mol. The summed E-state index contributed by atoms with van der Waals surface area (Å²) in [5.41, 5.74) is 5.44. The molecule has 0 bridgehead atoms. The quantitative estimate of drug-likeness (QED) is 0.755. The van der Waals surface area contributed by atoms with Gasteiger partial charge in [-0.1, -0.05) is 42.5 Å². The molecule has 0 aromatic heterocycles. The molecular formula is C15H15N. The normalized spacial score (nSPS) is 17.9. The Labute approximate surface area is 96.1 Å². The van der Waals surface area contributed by atoms with Gasteiger partial charge in [0.05, 0.1) is 0 Å². The van der Waals surface area contributed by atoms with E-state index >= 15 is 0 Å². The SMILES string of the molecule is CC1Cc2c(cccc2-c2ccccc2)N1. The van der Waals surface area contributed by atoms with E-state index < -0.39 is 0 Å². The highest BCUT2D eigenvalue weighted by atomic mass is 14.9. The van der Waals surface area contributed by atoms with E-state index in [1.54, 1.807) is 0 Å². The van der Waals surface area contributed by atoms with E-state index in [0.29, 0.717) is 6.04 Å². The molecule has 0 amide bonds. The second kappa shape index (κ2) is 3.67. The van der Waals surface area contributed by atoms with Crippen molar-refractivity contribution >= 4 is 5.69 Å². The number of fused-ring (bicyclic) bond motifs is 1. The van der Waals surface area contributed by atoms with Crippen LogP contribution in [0, 0.1) is 0 Å². The van der Waals surface area contributed by atoms with E-state index in [2.05, 4.69) is 60.8 Å². The van der Waals surface area contributed by atoms with Crippen LogP contribution < -0.4 is 5.32 Å². The Morgan fingerprint density at radius 1 is 1.00 bits per heavy atom. The zero-order valence-electron chi connectivity index (χ0n) is 9.40. The third-order valence-corrected chi connectivity index (χ3v) is 3.17. The summed E-state index contributed by atoms with van der Waals surface area (Å²) in [6.07, 6.45) is 1.13. The zero-order chi connectivity index (χ0) is 11.0. The van der Waals surface area contributed by atoms with Gasteiger partial charge in [-0.25, -0.2) is 0 Å². The average Bonchev–Trinajstić information content (AvgIpc) is 2.70. The van der Waals surface area contributed by atoms with Crippen molar-refractivity contribution in [3.05, 3.63) is 54.1 Å². The summed E-state index contributed by atoms with van der Waals surface area (Å²) in [7, 11) is 0. The Balaban J connectivity index is 2.14. The maximum absolute atomic E-state index is 3.51. The van der Waals surface area contributed by atoms with Gasteiger partial charge in [0.1, 0.15) is 0 Å². The summed E-state index contributed by atoms with van der Waals surface area (Å²) in [6, 6.07) is 17.7. The Hall–Kier alpha value is -1.76. The van der Waals surface area contributed by atoms with Crippen molar-refractivity contribution in [3.8, 4) is 11.1 Å². The van der Waals surface area contributed by atoms with Crippen LogP contribution in [-0.2, 0) is 6.42 Å². The van der Waals surface area contributed by atoms with E-state index in [0.717, 1.165) is 6.42 Å². The fourth-order valence-corrected chi connectivity index (χ4v) is 2.45. The zero-order valence-corrected chi connectivity index (χ0v) is 9.40. The summed E-state index contributed by atoms with van der Waals surface area (Å²) in [5, 5.41) is 3.51. The topological polar surface area (TPSA) is 12.0 Å². The molecule has 1 N–H and O–H groups in total. The second-order valence-electron chi connectivity index (χ2n) is 4.45. The van der Waals surface area contributed by atoms with E-state index in [1.807, 2.05) is 0 Å². The van der Waals surface area contributed by atoms with E-state index in [-0.39, 0.29) is 0 Å². The van der Waals surface area contributed by atoms with Crippen molar-refractivity contribution in [1.82, 2.24) is 0 Å².